The molecule has 0 bridgehead atoms. The van der Waals surface area contributed by atoms with Crippen molar-refractivity contribution < 1.29 is 9.84 Å². The van der Waals surface area contributed by atoms with Crippen LogP contribution in [0.15, 0.2) is 18.2 Å². The Kier molecular flexibility index (Phi) is 4.29. The van der Waals surface area contributed by atoms with Gasteiger partial charge in [0.25, 0.3) is 0 Å². The van der Waals surface area contributed by atoms with E-state index in [1.165, 1.54) is 5.56 Å². The molecule has 0 amide bonds. The molecule has 14 heavy (non-hydrogen) atoms. The molecule has 0 spiro atoms. The Bertz CT molecular complexity index is 297. The van der Waals surface area contributed by atoms with Gasteiger partial charge >= 0.3 is 0 Å². The molecule has 0 saturated heterocycles. The first kappa shape index (κ1) is 11.4. The molecule has 1 atom stereocenters. The summed E-state index contributed by atoms with van der Waals surface area (Å²) in [6, 6.07) is 5.98. The van der Waals surface area contributed by atoms with Crippen LogP contribution >= 0.6 is 12.6 Å². The Labute approximate surface area is 90.3 Å². The summed E-state index contributed by atoms with van der Waals surface area (Å²) in [5.41, 5.74) is 2.26. The van der Waals surface area contributed by atoms with E-state index in [0.717, 1.165) is 11.3 Å². The van der Waals surface area contributed by atoms with Crippen LogP contribution in [0.4, 0.5) is 0 Å². The van der Waals surface area contributed by atoms with Gasteiger partial charge in [-0.25, -0.2) is 0 Å². The molecule has 3 heteroatoms. The summed E-state index contributed by atoms with van der Waals surface area (Å²) >= 11 is 4.36. The molecule has 0 aliphatic rings. The topological polar surface area (TPSA) is 29.5 Å². The third-order valence-electron chi connectivity index (χ3n) is 2.03. The second-order valence-electron chi connectivity index (χ2n) is 3.27. The Morgan fingerprint density at radius 1 is 1.50 bits per heavy atom. The predicted molar refractivity (Wildman–Crippen MR) is 61.2 cm³/mol. The summed E-state index contributed by atoms with van der Waals surface area (Å²) in [5.74, 6) is 0.830. The fraction of sp³-hybridized carbons (Fsp3) is 0.455. The molecule has 78 valence electrons. The monoisotopic (exact) mass is 212 g/mol. The molecular formula is C11H16O2S. The summed E-state index contributed by atoms with van der Waals surface area (Å²) in [5, 5.41) is 8.86. The molecule has 0 heterocycles. The molecule has 0 aliphatic carbocycles. The van der Waals surface area contributed by atoms with Crippen molar-refractivity contribution in [1.29, 1.82) is 0 Å². The van der Waals surface area contributed by atoms with Crippen LogP contribution in [-0.2, 0) is 0 Å². The van der Waals surface area contributed by atoms with Crippen LogP contribution in [-0.4, -0.2) is 18.3 Å². The number of aliphatic hydroxyl groups is 1. The van der Waals surface area contributed by atoms with Crippen LogP contribution in [0.25, 0.3) is 0 Å². The van der Waals surface area contributed by atoms with Crippen molar-refractivity contribution in [2.75, 3.05) is 13.2 Å². The molecule has 0 fully saturated rings. The van der Waals surface area contributed by atoms with E-state index in [1.54, 1.807) is 0 Å². The number of rotatable bonds is 4. The maximum atomic E-state index is 8.62. The molecule has 0 aromatic heterocycles. The highest BCUT2D eigenvalue weighted by molar-refractivity contribution is 7.80. The van der Waals surface area contributed by atoms with Gasteiger partial charge < -0.3 is 9.84 Å². The third-order valence-corrected chi connectivity index (χ3v) is 2.33. The zero-order valence-electron chi connectivity index (χ0n) is 8.53. The molecule has 1 rings (SSSR count). The molecule has 0 saturated carbocycles. The number of aryl methyl sites for hydroxylation is 1. The van der Waals surface area contributed by atoms with E-state index in [-0.39, 0.29) is 11.9 Å². The van der Waals surface area contributed by atoms with E-state index in [9.17, 15) is 0 Å². The Hall–Kier alpha value is -0.670. The van der Waals surface area contributed by atoms with E-state index in [0.29, 0.717) is 6.61 Å². The van der Waals surface area contributed by atoms with Crippen molar-refractivity contribution in [3.63, 3.8) is 0 Å². The van der Waals surface area contributed by atoms with Crippen molar-refractivity contribution >= 4 is 12.6 Å². The maximum Gasteiger partial charge on any atom is 0.122 e. The van der Waals surface area contributed by atoms with Crippen LogP contribution < -0.4 is 4.74 Å². The molecule has 0 radical (unpaired) electrons. The van der Waals surface area contributed by atoms with E-state index in [1.807, 2.05) is 26.0 Å². The first-order valence-electron chi connectivity index (χ1n) is 4.67. The first-order valence-corrected chi connectivity index (χ1v) is 5.19. The summed E-state index contributed by atoms with van der Waals surface area (Å²) in [4.78, 5) is 0. The van der Waals surface area contributed by atoms with Crippen LogP contribution in [0.1, 0.15) is 23.3 Å². The largest absolute Gasteiger partial charge is 0.491 e. The fourth-order valence-electron chi connectivity index (χ4n) is 1.25. The lowest BCUT2D eigenvalue weighted by atomic mass is 10.1. The van der Waals surface area contributed by atoms with Gasteiger partial charge in [0.2, 0.25) is 0 Å². The highest BCUT2D eigenvalue weighted by Crippen LogP contribution is 2.25. The summed E-state index contributed by atoms with van der Waals surface area (Å²) in [7, 11) is 0. The first-order chi connectivity index (χ1) is 6.65. The van der Waals surface area contributed by atoms with Crippen LogP contribution in [0.5, 0.6) is 5.75 Å². The Morgan fingerprint density at radius 3 is 2.71 bits per heavy atom. The fourth-order valence-corrected chi connectivity index (χ4v) is 1.41. The lowest BCUT2D eigenvalue weighted by Gasteiger charge is -2.11. The van der Waals surface area contributed by atoms with Crippen molar-refractivity contribution in [2.24, 2.45) is 0 Å². The third kappa shape index (κ3) is 2.93. The standard InChI is InChI=1S/C11H16O2S/c1-8-7-10(9(2)14)3-4-11(8)13-6-5-12/h3-4,7,9,12,14H,5-6H2,1-2H3. The highest BCUT2D eigenvalue weighted by Gasteiger charge is 2.03. The minimum absolute atomic E-state index is 0.0458. The number of hydrogen-bond acceptors (Lipinski definition) is 3. The predicted octanol–water partition coefficient (Wildman–Crippen LogP) is 2.36. The second kappa shape index (κ2) is 5.27. The Balaban J connectivity index is 2.79. The summed E-state index contributed by atoms with van der Waals surface area (Å²) in [6.45, 7) is 4.42. The lowest BCUT2D eigenvalue weighted by molar-refractivity contribution is 0.200. The van der Waals surface area contributed by atoms with E-state index < -0.39 is 0 Å². The summed E-state index contributed by atoms with van der Waals surface area (Å²) < 4.78 is 5.35. The lowest BCUT2D eigenvalue weighted by Crippen LogP contribution is -2.03. The van der Waals surface area contributed by atoms with Gasteiger partial charge in [-0.05, 0) is 31.0 Å². The second-order valence-corrected chi connectivity index (χ2v) is 4.05. The van der Waals surface area contributed by atoms with E-state index in [4.69, 9.17) is 9.84 Å². The minimum Gasteiger partial charge on any atom is -0.491 e. The molecule has 1 aromatic carbocycles. The van der Waals surface area contributed by atoms with Crippen LogP contribution in [0, 0.1) is 6.92 Å². The SMILES string of the molecule is Cc1cc(C(C)S)ccc1OCCO. The molecule has 2 nitrogen and oxygen atoms in total. The van der Waals surface area contributed by atoms with Crippen molar-refractivity contribution in [2.45, 2.75) is 19.1 Å². The normalized spacial score (nSPS) is 12.6. The van der Waals surface area contributed by atoms with Gasteiger partial charge in [-0.15, -0.1) is 0 Å². The zero-order chi connectivity index (χ0) is 10.6. The maximum absolute atomic E-state index is 8.62. The number of hydrogen-bond donors (Lipinski definition) is 2. The molecule has 0 aliphatic heterocycles. The van der Waals surface area contributed by atoms with Crippen molar-refractivity contribution in [3.05, 3.63) is 29.3 Å². The average Bonchev–Trinajstić information content (AvgIpc) is 2.15. The van der Waals surface area contributed by atoms with Gasteiger partial charge in [-0.3, -0.25) is 0 Å². The van der Waals surface area contributed by atoms with Gasteiger partial charge in [0.1, 0.15) is 12.4 Å². The molecule has 1 aromatic rings. The Morgan fingerprint density at radius 2 is 2.21 bits per heavy atom. The van der Waals surface area contributed by atoms with E-state index >= 15 is 0 Å². The number of ether oxygens (including phenoxy) is 1. The number of thiol groups is 1. The number of aliphatic hydroxyl groups excluding tert-OH is 1. The van der Waals surface area contributed by atoms with Crippen molar-refractivity contribution in [1.82, 2.24) is 0 Å². The smallest absolute Gasteiger partial charge is 0.122 e. The van der Waals surface area contributed by atoms with Gasteiger partial charge in [0.05, 0.1) is 6.61 Å². The molecular weight excluding hydrogens is 196 g/mol. The zero-order valence-corrected chi connectivity index (χ0v) is 9.42. The van der Waals surface area contributed by atoms with Gasteiger partial charge in [0, 0.05) is 5.25 Å². The van der Waals surface area contributed by atoms with Gasteiger partial charge in [-0.2, -0.15) is 12.6 Å². The average molecular weight is 212 g/mol. The minimum atomic E-state index is 0.0458. The quantitative estimate of drug-likeness (QED) is 0.750. The van der Waals surface area contributed by atoms with Gasteiger partial charge in [0.15, 0.2) is 0 Å². The van der Waals surface area contributed by atoms with E-state index in [2.05, 4.69) is 18.7 Å². The van der Waals surface area contributed by atoms with Crippen LogP contribution in [0.3, 0.4) is 0 Å². The van der Waals surface area contributed by atoms with Crippen LogP contribution in [0.2, 0.25) is 0 Å². The summed E-state index contributed by atoms with van der Waals surface area (Å²) in [6.07, 6.45) is 0. The number of benzene rings is 1. The molecule has 1 unspecified atom stereocenters. The van der Waals surface area contributed by atoms with Gasteiger partial charge in [-0.1, -0.05) is 12.1 Å². The van der Waals surface area contributed by atoms with Crippen molar-refractivity contribution in [3.8, 4) is 5.75 Å². The highest BCUT2D eigenvalue weighted by atomic mass is 32.1. The molecule has 1 N–H and O–H groups in total.